The Morgan fingerprint density at radius 2 is 2.20 bits per heavy atom. The van der Waals surface area contributed by atoms with Crippen LogP contribution in [0, 0.1) is 5.92 Å². The predicted molar refractivity (Wildman–Crippen MR) is 99.2 cm³/mol. The Morgan fingerprint density at radius 1 is 1.44 bits per heavy atom. The van der Waals surface area contributed by atoms with Crippen molar-refractivity contribution in [3.8, 4) is 5.75 Å². The van der Waals surface area contributed by atoms with Crippen LogP contribution in [0.2, 0.25) is 0 Å². The second-order valence-electron chi connectivity index (χ2n) is 7.12. The average molecular weight is 344 g/mol. The summed E-state index contributed by atoms with van der Waals surface area (Å²) >= 11 is 0. The van der Waals surface area contributed by atoms with Crippen LogP contribution in [-0.4, -0.2) is 54.7 Å². The third-order valence-electron chi connectivity index (χ3n) is 5.39. The first-order valence-corrected chi connectivity index (χ1v) is 8.95. The summed E-state index contributed by atoms with van der Waals surface area (Å²) in [6, 6.07) is 5.98. The van der Waals surface area contributed by atoms with Gasteiger partial charge < -0.3 is 19.6 Å². The van der Waals surface area contributed by atoms with Crippen LogP contribution >= 0.6 is 0 Å². The molecule has 1 aromatic carbocycles. The van der Waals surface area contributed by atoms with Crippen LogP contribution in [0.5, 0.6) is 5.75 Å². The number of aliphatic hydroxyl groups is 1. The van der Waals surface area contributed by atoms with Gasteiger partial charge in [0, 0.05) is 6.54 Å². The number of fused-ring (bicyclic) bond motifs is 3. The van der Waals surface area contributed by atoms with E-state index >= 15 is 0 Å². The Labute approximate surface area is 149 Å². The van der Waals surface area contributed by atoms with Crippen LogP contribution in [-0.2, 0) is 11.3 Å². The van der Waals surface area contributed by atoms with E-state index in [9.17, 15) is 5.11 Å². The average Bonchev–Trinajstić information content (AvgIpc) is 2.62. The Balaban J connectivity index is 1.75. The number of oxime groups is 1. The predicted octanol–water partition coefficient (Wildman–Crippen LogP) is 2.62. The van der Waals surface area contributed by atoms with E-state index in [1.807, 2.05) is 25.1 Å². The van der Waals surface area contributed by atoms with Gasteiger partial charge in [-0.1, -0.05) is 11.2 Å². The zero-order valence-electron chi connectivity index (χ0n) is 15.2. The molecule has 0 aromatic heterocycles. The van der Waals surface area contributed by atoms with Crippen molar-refractivity contribution in [2.75, 3.05) is 33.4 Å². The second kappa shape index (κ2) is 7.58. The molecule has 1 atom stereocenters. The molecule has 5 heteroatoms. The van der Waals surface area contributed by atoms with Gasteiger partial charge in [-0.25, -0.2) is 0 Å². The maximum atomic E-state index is 11.0. The Morgan fingerprint density at radius 3 is 2.80 bits per heavy atom. The maximum absolute atomic E-state index is 11.0. The van der Waals surface area contributed by atoms with Crippen LogP contribution in [0.1, 0.15) is 30.9 Å². The molecule has 0 amide bonds. The number of hydrogen-bond acceptors (Lipinski definition) is 5. The first kappa shape index (κ1) is 18.0. The Bertz CT molecular complexity index is 650. The molecule has 0 aliphatic carbocycles. The van der Waals surface area contributed by atoms with Crippen molar-refractivity contribution in [2.24, 2.45) is 11.1 Å². The molecule has 2 bridgehead atoms. The highest BCUT2D eigenvalue weighted by atomic mass is 16.6. The molecule has 5 nitrogen and oxygen atoms in total. The zero-order valence-corrected chi connectivity index (χ0v) is 15.2. The van der Waals surface area contributed by atoms with Crippen LogP contribution in [0.3, 0.4) is 0 Å². The van der Waals surface area contributed by atoms with Crippen molar-refractivity contribution in [2.45, 2.75) is 31.8 Å². The van der Waals surface area contributed by atoms with E-state index in [1.54, 1.807) is 7.11 Å². The lowest BCUT2D eigenvalue weighted by Crippen LogP contribution is -2.61. The van der Waals surface area contributed by atoms with Gasteiger partial charge in [0.25, 0.3) is 0 Å². The number of piperidine rings is 3. The second-order valence-corrected chi connectivity index (χ2v) is 7.12. The largest absolute Gasteiger partial charge is 0.490 e. The fraction of sp³-hybridized carbons (Fsp3) is 0.550. The van der Waals surface area contributed by atoms with Crippen LogP contribution in [0.25, 0.3) is 0 Å². The highest BCUT2D eigenvalue weighted by Crippen LogP contribution is 2.36. The molecule has 3 fully saturated rings. The van der Waals surface area contributed by atoms with Gasteiger partial charge in [0.1, 0.15) is 25.1 Å². The zero-order chi connectivity index (χ0) is 17.9. The van der Waals surface area contributed by atoms with Gasteiger partial charge in [-0.2, -0.15) is 0 Å². The highest BCUT2D eigenvalue weighted by molar-refractivity contribution is 5.98. The molecular formula is C20H28N2O3. The van der Waals surface area contributed by atoms with E-state index in [-0.39, 0.29) is 0 Å². The van der Waals surface area contributed by atoms with Crippen LogP contribution in [0.15, 0.2) is 36.0 Å². The summed E-state index contributed by atoms with van der Waals surface area (Å²) < 4.78 is 6.08. The number of nitrogens with zero attached hydrogens (tertiary/aromatic N) is 2. The van der Waals surface area contributed by atoms with Gasteiger partial charge >= 0.3 is 0 Å². The summed E-state index contributed by atoms with van der Waals surface area (Å²) in [4.78, 5) is 7.19. The molecule has 3 aliphatic rings. The van der Waals surface area contributed by atoms with Gasteiger partial charge in [-0.3, -0.25) is 0 Å². The van der Waals surface area contributed by atoms with Crippen molar-refractivity contribution < 1.29 is 14.7 Å². The van der Waals surface area contributed by atoms with Crippen LogP contribution < -0.4 is 4.74 Å². The number of rotatable bonds is 7. The summed E-state index contributed by atoms with van der Waals surface area (Å²) in [5.41, 5.74) is 2.11. The van der Waals surface area contributed by atoms with E-state index in [2.05, 4.69) is 22.7 Å². The molecule has 136 valence electrons. The minimum Gasteiger partial charge on any atom is -0.490 e. The molecule has 1 unspecified atom stereocenters. The molecule has 0 radical (unpaired) electrons. The number of allylic oxidation sites excluding steroid dienone is 1. The normalized spacial score (nSPS) is 28.7. The van der Waals surface area contributed by atoms with E-state index < -0.39 is 5.60 Å². The lowest BCUT2D eigenvalue weighted by atomic mass is 9.76. The summed E-state index contributed by atoms with van der Waals surface area (Å²) in [5, 5.41) is 15.0. The van der Waals surface area contributed by atoms with Gasteiger partial charge in [0.15, 0.2) is 0 Å². The number of hydrogen-bond donors (Lipinski definition) is 1. The fourth-order valence-electron chi connectivity index (χ4n) is 3.96. The molecule has 1 aromatic rings. The quantitative estimate of drug-likeness (QED) is 0.469. The van der Waals surface area contributed by atoms with Gasteiger partial charge in [-0.05, 0) is 74.5 Å². The van der Waals surface area contributed by atoms with Crippen LogP contribution in [0.4, 0.5) is 0 Å². The first-order chi connectivity index (χ1) is 12.1. The SMILES string of the molecule is C=CCc1cc(C(C)=NOC)ccc1OCC1(O)CN2CCC1CC2. The van der Waals surface area contributed by atoms with Crippen molar-refractivity contribution in [1.29, 1.82) is 0 Å². The first-order valence-electron chi connectivity index (χ1n) is 8.95. The maximum Gasteiger partial charge on any atom is 0.123 e. The molecular weight excluding hydrogens is 316 g/mol. The molecule has 25 heavy (non-hydrogen) atoms. The molecule has 3 heterocycles. The Kier molecular flexibility index (Phi) is 5.45. The monoisotopic (exact) mass is 344 g/mol. The summed E-state index contributed by atoms with van der Waals surface area (Å²) in [5.74, 6) is 1.15. The molecule has 1 N–H and O–H groups in total. The third kappa shape index (κ3) is 3.88. The lowest BCUT2D eigenvalue weighted by Gasteiger charge is -2.50. The van der Waals surface area contributed by atoms with Gasteiger partial charge in [-0.15, -0.1) is 6.58 Å². The fourth-order valence-corrected chi connectivity index (χ4v) is 3.96. The molecule has 3 aliphatic heterocycles. The lowest BCUT2D eigenvalue weighted by molar-refractivity contribution is -0.131. The summed E-state index contributed by atoms with van der Waals surface area (Å²) in [6.45, 7) is 8.99. The number of ether oxygens (including phenoxy) is 1. The summed E-state index contributed by atoms with van der Waals surface area (Å²) in [7, 11) is 1.54. The van der Waals surface area contributed by atoms with E-state index in [4.69, 9.17) is 9.57 Å². The van der Waals surface area contributed by atoms with E-state index in [0.29, 0.717) is 25.5 Å². The number of benzene rings is 1. The highest BCUT2D eigenvalue weighted by Gasteiger charge is 2.46. The van der Waals surface area contributed by atoms with E-state index in [0.717, 1.165) is 48.5 Å². The smallest absolute Gasteiger partial charge is 0.123 e. The minimum atomic E-state index is -0.742. The van der Waals surface area contributed by atoms with Gasteiger partial charge in [0.05, 0.1) is 5.71 Å². The third-order valence-corrected chi connectivity index (χ3v) is 5.39. The topological polar surface area (TPSA) is 54.3 Å². The van der Waals surface area contributed by atoms with E-state index in [1.165, 1.54) is 0 Å². The molecule has 0 spiro atoms. The minimum absolute atomic E-state index is 0.336. The molecule has 0 saturated carbocycles. The summed E-state index contributed by atoms with van der Waals surface area (Å²) in [6.07, 6.45) is 4.69. The Hall–Kier alpha value is -1.85. The van der Waals surface area contributed by atoms with Crippen molar-refractivity contribution >= 4 is 5.71 Å². The standard InChI is InChI=1S/C20H28N2O3/c1-4-5-17-12-16(15(2)21-24-3)6-7-19(17)25-14-20(23)13-22-10-8-18(20)9-11-22/h4,6-7,12,18,23H,1,5,8-11,13-14H2,2-3H3. The molecule has 3 saturated heterocycles. The molecule has 4 rings (SSSR count). The van der Waals surface area contributed by atoms with Crippen molar-refractivity contribution in [3.05, 3.63) is 42.0 Å². The van der Waals surface area contributed by atoms with Crippen molar-refractivity contribution in [3.63, 3.8) is 0 Å². The van der Waals surface area contributed by atoms with Crippen molar-refractivity contribution in [1.82, 2.24) is 4.90 Å². The van der Waals surface area contributed by atoms with Gasteiger partial charge in [0.2, 0.25) is 0 Å².